The van der Waals surface area contributed by atoms with Crippen LogP contribution < -0.4 is 4.74 Å². The summed E-state index contributed by atoms with van der Waals surface area (Å²) in [4.78, 5) is 13.5. The molecule has 0 radical (unpaired) electrons. The Morgan fingerprint density at radius 2 is 1.68 bits per heavy atom. The second kappa shape index (κ2) is 7.82. The number of benzene rings is 2. The van der Waals surface area contributed by atoms with E-state index in [0.717, 1.165) is 28.3 Å². The van der Waals surface area contributed by atoms with Crippen molar-refractivity contribution in [2.24, 2.45) is 0 Å². The second-order valence-electron chi connectivity index (χ2n) is 6.36. The van der Waals surface area contributed by atoms with Crippen LogP contribution in [0.4, 0.5) is 0 Å². The summed E-state index contributed by atoms with van der Waals surface area (Å²) >= 11 is 6.08. The van der Waals surface area contributed by atoms with Crippen molar-refractivity contribution in [3.8, 4) is 28.7 Å². The Bertz CT molecular complexity index is 1110. The zero-order valence-corrected chi connectivity index (χ0v) is 16.3. The molecule has 0 fully saturated rings. The van der Waals surface area contributed by atoms with Gasteiger partial charge in [0.25, 0.3) is 0 Å². The average Bonchev–Trinajstić information content (AvgIpc) is 3.07. The number of nitrogens with zero attached hydrogens (tertiary/aromatic N) is 3. The Hall–Kier alpha value is -3.18. The van der Waals surface area contributed by atoms with Crippen LogP contribution in [0.3, 0.4) is 0 Å². The molecule has 6 heteroatoms. The average molecular weight is 392 g/mol. The van der Waals surface area contributed by atoms with Crippen molar-refractivity contribution < 1.29 is 9.15 Å². The minimum absolute atomic E-state index is 0.258. The van der Waals surface area contributed by atoms with Crippen LogP contribution in [0.15, 0.2) is 65.1 Å². The van der Waals surface area contributed by atoms with E-state index in [1.807, 2.05) is 68.4 Å². The third kappa shape index (κ3) is 4.05. The summed E-state index contributed by atoms with van der Waals surface area (Å²) in [5.41, 5.74) is 3.31. The number of aromatic nitrogens is 3. The molecule has 2 aromatic heterocycles. The number of halogens is 1. The minimum Gasteiger partial charge on any atom is -0.471 e. The molecule has 0 aliphatic heterocycles. The smallest absolute Gasteiger partial charge is 0.226 e. The third-order valence-electron chi connectivity index (χ3n) is 4.18. The zero-order valence-electron chi connectivity index (χ0n) is 15.5. The van der Waals surface area contributed by atoms with Crippen LogP contribution in [0.1, 0.15) is 17.1 Å². The van der Waals surface area contributed by atoms with E-state index < -0.39 is 0 Å². The van der Waals surface area contributed by atoms with Gasteiger partial charge in [-0.25, -0.2) is 9.97 Å². The molecule has 4 rings (SSSR count). The van der Waals surface area contributed by atoms with Gasteiger partial charge in [0.2, 0.25) is 11.8 Å². The van der Waals surface area contributed by atoms with E-state index in [4.69, 9.17) is 20.8 Å². The van der Waals surface area contributed by atoms with Gasteiger partial charge in [0, 0.05) is 27.9 Å². The van der Waals surface area contributed by atoms with Crippen molar-refractivity contribution in [1.29, 1.82) is 0 Å². The van der Waals surface area contributed by atoms with E-state index in [0.29, 0.717) is 22.6 Å². The fourth-order valence-corrected chi connectivity index (χ4v) is 2.97. The molecule has 0 aliphatic rings. The molecule has 5 nitrogen and oxygen atoms in total. The number of hydrogen-bond donors (Lipinski definition) is 0. The largest absolute Gasteiger partial charge is 0.471 e. The first kappa shape index (κ1) is 18.2. The molecule has 0 amide bonds. The summed E-state index contributed by atoms with van der Waals surface area (Å²) in [5, 5.41) is 0.636. The van der Waals surface area contributed by atoms with Crippen LogP contribution in [-0.2, 0) is 6.61 Å². The van der Waals surface area contributed by atoms with Gasteiger partial charge < -0.3 is 9.15 Å². The molecular formula is C22H18ClN3O2. The highest BCUT2D eigenvalue weighted by atomic mass is 35.5. The van der Waals surface area contributed by atoms with Crippen molar-refractivity contribution in [2.75, 3.05) is 0 Å². The van der Waals surface area contributed by atoms with Crippen LogP contribution in [0.2, 0.25) is 5.02 Å². The summed E-state index contributed by atoms with van der Waals surface area (Å²) in [5.74, 6) is 2.35. The molecule has 0 spiro atoms. The molecule has 2 heterocycles. The normalized spacial score (nSPS) is 10.8. The van der Waals surface area contributed by atoms with Crippen molar-refractivity contribution in [3.05, 3.63) is 82.8 Å². The zero-order chi connectivity index (χ0) is 19.5. The van der Waals surface area contributed by atoms with Gasteiger partial charge >= 0.3 is 0 Å². The maximum Gasteiger partial charge on any atom is 0.226 e. The summed E-state index contributed by atoms with van der Waals surface area (Å²) < 4.78 is 11.7. The molecule has 2 aromatic carbocycles. The molecule has 140 valence electrons. The van der Waals surface area contributed by atoms with E-state index in [9.17, 15) is 0 Å². The number of oxazole rings is 1. The SMILES string of the molecule is Cc1cc(OCc2nc(-c3ccccc3)oc2C)nc(-c2cccc(Cl)c2)n1. The summed E-state index contributed by atoms with van der Waals surface area (Å²) in [6, 6.07) is 19.0. The molecule has 4 aromatic rings. The van der Waals surface area contributed by atoms with Crippen molar-refractivity contribution in [2.45, 2.75) is 20.5 Å². The fraction of sp³-hybridized carbons (Fsp3) is 0.136. The summed E-state index contributed by atoms with van der Waals surface area (Å²) in [7, 11) is 0. The van der Waals surface area contributed by atoms with Gasteiger partial charge in [-0.05, 0) is 38.1 Å². The van der Waals surface area contributed by atoms with Crippen molar-refractivity contribution >= 4 is 11.6 Å². The van der Waals surface area contributed by atoms with Gasteiger partial charge in [0.1, 0.15) is 18.1 Å². The molecule has 0 saturated heterocycles. The molecule has 0 N–H and O–H groups in total. The summed E-state index contributed by atoms with van der Waals surface area (Å²) in [6.07, 6.45) is 0. The predicted molar refractivity (Wildman–Crippen MR) is 108 cm³/mol. The van der Waals surface area contributed by atoms with Crippen molar-refractivity contribution in [3.63, 3.8) is 0 Å². The number of rotatable bonds is 5. The Balaban J connectivity index is 1.55. The van der Waals surface area contributed by atoms with Gasteiger partial charge in [-0.2, -0.15) is 4.98 Å². The van der Waals surface area contributed by atoms with Crippen LogP contribution in [0.25, 0.3) is 22.8 Å². The van der Waals surface area contributed by atoms with Crippen LogP contribution in [-0.4, -0.2) is 15.0 Å². The Labute approximate surface area is 168 Å². The molecule has 0 saturated carbocycles. The van der Waals surface area contributed by atoms with Crippen molar-refractivity contribution in [1.82, 2.24) is 15.0 Å². The Morgan fingerprint density at radius 1 is 0.893 bits per heavy atom. The van der Waals surface area contributed by atoms with Crippen LogP contribution in [0, 0.1) is 13.8 Å². The summed E-state index contributed by atoms with van der Waals surface area (Å²) in [6.45, 7) is 4.03. The van der Waals surface area contributed by atoms with Crippen LogP contribution >= 0.6 is 11.6 Å². The van der Waals surface area contributed by atoms with Gasteiger partial charge in [0.05, 0.1) is 0 Å². The quantitative estimate of drug-likeness (QED) is 0.440. The van der Waals surface area contributed by atoms with E-state index in [1.54, 1.807) is 6.07 Å². The Morgan fingerprint density at radius 3 is 2.46 bits per heavy atom. The molecule has 0 bridgehead atoms. The standard InChI is InChI=1S/C22H18ClN3O2/c1-14-11-20(26-21(24-14)17-9-6-10-18(23)12-17)27-13-19-15(2)28-22(25-19)16-7-4-3-5-8-16/h3-12H,13H2,1-2H3. The Kier molecular flexibility index (Phi) is 5.08. The third-order valence-corrected chi connectivity index (χ3v) is 4.42. The van der Waals surface area contributed by atoms with Gasteiger partial charge in [0.15, 0.2) is 5.82 Å². The van der Waals surface area contributed by atoms with E-state index >= 15 is 0 Å². The van der Waals surface area contributed by atoms with Gasteiger partial charge in [-0.1, -0.05) is 41.9 Å². The first-order valence-electron chi connectivity index (χ1n) is 8.84. The van der Waals surface area contributed by atoms with Gasteiger partial charge in [-0.3, -0.25) is 0 Å². The predicted octanol–water partition coefficient (Wildman–Crippen LogP) is 5.65. The lowest BCUT2D eigenvalue weighted by atomic mass is 10.2. The van der Waals surface area contributed by atoms with Crippen LogP contribution in [0.5, 0.6) is 5.88 Å². The van der Waals surface area contributed by atoms with E-state index in [1.165, 1.54) is 0 Å². The highest BCUT2D eigenvalue weighted by Gasteiger charge is 2.13. The minimum atomic E-state index is 0.258. The monoisotopic (exact) mass is 391 g/mol. The lowest BCUT2D eigenvalue weighted by molar-refractivity contribution is 0.287. The first-order valence-corrected chi connectivity index (χ1v) is 9.22. The van der Waals surface area contributed by atoms with Gasteiger partial charge in [-0.15, -0.1) is 0 Å². The molecular weight excluding hydrogens is 374 g/mol. The molecule has 0 atom stereocenters. The maximum atomic E-state index is 6.08. The lowest BCUT2D eigenvalue weighted by Gasteiger charge is -2.07. The van der Waals surface area contributed by atoms with E-state index in [-0.39, 0.29) is 6.61 Å². The molecule has 28 heavy (non-hydrogen) atoms. The number of aryl methyl sites for hydroxylation is 2. The van der Waals surface area contributed by atoms with E-state index in [2.05, 4.69) is 15.0 Å². The number of ether oxygens (including phenoxy) is 1. The maximum absolute atomic E-state index is 6.08. The fourth-order valence-electron chi connectivity index (χ4n) is 2.78. The second-order valence-corrected chi connectivity index (χ2v) is 6.79. The highest BCUT2D eigenvalue weighted by molar-refractivity contribution is 6.30. The topological polar surface area (TPSA) is 61.0 Å². The lowest BCUT2D eigenvalue weighted by Crippen LogP contribution is -2.02. The highest BCUT2D eigenvalue weighted by Crippen LogP contribution is 2.24. The first-order chi connectivity index (χ1) is 13.6. The molecule has 0 unspecified atom stereocenters. The number of hydrogen-bond acceptors (Lipinski definition) is 5. The molecule has 0 aliphatic carbocycles.